The Morgan fingerprint density at radius 2 is 2.00 bits per heavy atom. The molecular formula is C13H14N2. The van der Waals surface area contributed by atoms with E-state index < -0.39 is 0 Å². The van der Waals surface area contributed by atoms with Gasteiger partial charge < -0.3 is 5.73 Å². The van der Waals surface area contributed by atoms with Crippen LogP contribution in [0.3, 0.4) is 0 Å². The largest absolute Gasteiger partial charge is 0.324 e. The number of hydrogen-bond donors (Lipinski definition) is 1. The van der Waals surface area contributed by atoms with Crippen LogP contribution in [0.15, 0.2) is 36.7 Å². The second-order valence-electron chi connectivity index (χ2n) is 4.31. The Balaban J connectivity index is 2.16. The van der Waals surface area contributed by atoms with E-state index in [-0.39, 0.29) is 6.04 Å². The number of rotatable bonds is 2. The summed E-state index contributed by atoms with van der Waals surface area (Å²) in [6.07, 6.45) is 6.36. The van der Waals surface area contributed by atoms with Gasteiger partial charge in [0.15, 0.2) is 0 Å². The van der Waals surface area contributed by atoms with Crippen molar-refractivity contribution in [3.8, 4) is 0 Å². The van der Waals surface area contributed by atoms with Gasteiger partial charge in [0.1, 0.15) is 0 Å². The van der Waals surface area contributed by atoms with Crippen molar-refractivity contribution in [3.63, 3.8) is 0 Å². The first kappa shape index (κ1) is 8.86. The second-order valence-corrected chi connectivity index (χ2v) is 4.31. The Kier molecular flexibility index (Phi) is 1.96. The fourth-order valence-electron chi connectivity index (χ4n) is 2.11. The van der Waals surface area contributed by atoms with Crippen molar-refractivity contribution in [1.29, 1.82) is 0 Å². The summed E-state index contributed by atoms with van der Waals surface area (Å²) in [5, 5.41) is 2.44. The smallest absolute Gasteiger partial charge is 0.0346 e. The normalized spacial score (nSPS) is 17.9. The molecule has 2 nitrogen and oxygen atoms in total. The predicted molar refractivity (Wildman–Crippen MR) is 61.4 cm³/mol. The zero-order valence-corrected chi connectivity index (χ0v) is 8.56. The van der Waals surface area contributed by atoms with E-state index in [4.69, 9.17) is 5.73 Å². The van der Waals surface area contributed by atoms with Gasteiger partial charge in [0, 0.05) is 23.8 Å². The highest BCUT2D eigenvalue weighted by molar-refractivity contribution is 5.85. The summed E-state index contributed by atoms with van der Waals surface area (Å²) >= 11 is 0. The second kappa shape index (κ2) is 3.31. The summed E-state index contributed by atoms with van der Waals surface area (Å²) in [5.41, 5.74) is 7.43. The molecule has 1 fully saturated rings. The first-order chi connectivity index (χ1) is 7.36. The summed E-state index contributed by atoms with van der Waals surface area (Å²) in [4.78, 5) is 4.26. The van der Waals surface area contributed by atoms with Crippen molar-refractivity contribution < 1.29 is 0 Å². The molecule has 1 aromatic carbocycles. The molecule has 0 unspecified atom stereocenters. The number of nitrogens with two attached hydrogens (primary N) is 1. The third kappa shape index (κ3) is 1.51. The van der Waals surface area contributed by atoms with Crippen molar-refractivity contribution in [1.82, 2.24) is 4.98 Å². The Morgan fingerprint density at radius 3 is 2.80 bits per heavy atom. The number of nitrogens with zero attached hydrogens (tertiary/aromatic N) is 1. The Morgan fingerprint density at radius 1 is 1.20 bits per heavy atom. The number of aromatic nitrogens is 1. The highest BCUT2D eigenvalue weighted by Gasteiger charge is 2.30. The van der Waals surface area contributed by atoms with Crippen LogP contribution in [0.2, 0.25) is 0 Å². The van der Waals surface area contributed by atoms with Gasteiger partial charge in [-0.15, -0.1) is 0 Å². The van der Waals surface area contributed by atoms with E-state index in [0.717, 1.165) is 0 Å². The van der Waals surface area contributed by atoms with Crippen LogP contribution in [0.5, 0.6) is 0 Å². The molecule has 76 valence electrons. The average Bonchev–Trinajstić information content (AvgIpc) is 3.11. The molecule has 15 heavy (non-hydrogen) atoms. The molecule has 2 aromatic rings. The minimum Gasteiger partial charge on any atom is -0.324 e. The van der Waals surface area contributed by atoms with Crippen LogP contribution in [0.25, 0.3) is 10.8 Å². The molecule has 0 aliphatic heterocycles. The zero-order valence-electron chi connectivity index (χ0n) is 8.56. The van der Waals surface area contributed by atoms with Gasteiger partial charge in [0.25, 0.3) is 0 Å². The molecule has 2 N–H and O–H groups in total. The van der Waals surface area contributed by atoms with E-state index in [1.54, 1.807) is 0 Å². The van der Waals surface area contributed by atoms with Crippen molar-refractivity contribution in [2.24, 2.45) is 11.7 Å². The van der Waals surface area contributed by atoms with E-state index in [1.165, 1.54) is 29.2 Å². The third-order valence-electron chi connectivity index (χ3n) is 3.19. The fraction of sp³-hybridized carbons (Fsp3) is 0.308. The first-order valence-corrected chi connectivity index (χ1v) is 5.44. The highest BCUT2D eigenvalue weighted by Crippen LogP contribution is 2.40. The molecular weight excluding hydrogens is 184 g/mol. The molecule has 1 aliphatic rings. The van der Waals surface area contributed by atoms with Crippen LogP contribution in [0.1, 0.15) is 24.4 Å². The van der Waals surface area contributed by atoms with Gasteiger partial charge in [-0.2, -0.15) is 0 Å². The van der Waals surface area contributed by atoms with Gasteiger partial charge in [0.2, 0.25) is 0 Å². The maximum atomic E-state index is 6.23. The van der Waals surface area contributed by atoms with Gasteiger partial charge in [-0.05, 0) is 29.7 Å². The van der Waals surface area contributed by atoms with Gasteiger partial charge in [-0.25, -0.2) is 0 Å². The van der Waals surface area contributed by atoms with Crippen molar-refractivity contribution in [3.05, 3.63) is 42.2 Å². The lowest BCUT2D eigenvalue weighted by Gasteiger charge is -2.12. The lowest BCUT2D eigenvalue weighted by atomic mass is 9.99. The highest BCUT2D eigenvalue weighted by atomic mass is 14.7. The first-order valence-electron chi connectivity index (χ1n) is 5.44. The monoisotopic (exact) mass is 198 g/mol. The van der Waals surface area contributed by atoms with Crippen LogP contribution in [-0.2, 0) is 0 Å². The molecule has 0 bridgehead atoms. The van der Waals surface area contributed by atoms with Crippen molar-refractivity contribution in [2.45, 2.75) is 18.9 Å². The zero-order chi connectivity index (χ0) is 10.3. The van der Waals surface area contributed by atoms with Crippen LogP contribution >= 0.6 is 0 Å². The summed E-state index contributed by atoms with van der Waals surface area (Å²) in [7, 11) is 0. The van der Waals surface area contributed by atoms with E-state index >= 15 is 0 Å². The van der Waals surface area contributed by atoms with Crippen molar-refractivity contribution in [2.75, 3.05) is 0 Å². The van der Waals surface area contributed by atoms with Crippen LogP contribution in [0.4, 0.5) is 0 Å². The molecule has 0 saturated heterocycles. The Hall–Kier alpha value is -1.41. The topological polar surface area (TPSA) is 38.9 Å². The molecule has 1 aromatic heterocycles. The summed E-state index contributed by atoms with van der Waals surface area (Å²) < 4.78 is 0. The molecule has 0 spiro atoms. The molecule has 0 amide bonds. The van der Waals surface area contributed by atoms with Crippen LogP contribution in [0, 0.1) is 5.92 Å². The van der Waals surface area contributed by atoms with Gasteiger partial charge in [0.05, 0.1) is 0 Å². The molecule has 1 heterocycles. The lowest BCUT2D eigenvalue weighted by molar-refractivity contribution is 0.636. The SMILES string of the molecule is N[C@H](c1cncc2ccccc12)C1CC1. The number of pyridine rings is 1. The minimum atomic E-state index is 0.170. The number of benzene rings is 1. The molecule has 3 rings (SSSR count). The summed E-state index contributed by atoms with van der Waals surface area (Å²) in [6, 6.07) is 8.49. The maximum Gasteiger partial charge on any atom is 0.0346 e. The van der Waals surface area contributed by atoms with Gasteiger partial charge in [-0.3, -0.25) is 4.98 Å². The Labute approximate surface area is 89.1 Å². The quantitative estimate of drug-likeness (QED) is 0.805. The molecule has 0 radical (unpaired) electrons. The summed E-state index contributed by atoms with van der Waals surface area (Å²) in [6.45, 7) is 0. The maximum absolute atomic E-state index is 6.23. The minimum absolute atomic E-state index is 0.170. The van der Waals surface area contributed by atoms with Crippen LogP contribution < -0.4 is 5.73 Å². The Bertz CT molecular complexity index is 483. The van der Waals surface area contributed by atoms with E-state index in [1.807, 2.05) is 18.5 Å². The molecule has 2 heteroatoms. The van der Waals surface area contributed by atoms with E-state index in [9.17, 15) is 0 Å². The van der Waals surface area contributed by atoms with Gasteiger partial charge in [-0.1, -0.05) is 24.3 Å². The van der Waals surface area contributed by atoms with E-state index in [2.05, 4.69) is 23.2 Å². The standard InChI is InChI=1S/C13H14N2/c14-13(9-5-6-9)12-8-15-7-10-3-1-2-4-11(10)12/h1-4,7-9,13H,5-6,14H2/t13-/m0/s1. The van der Waals surface area contributed by atoms with Gasteiger partial charge >= 0.3 is 0 Å². The van der Waals surface area contributed by atoms with Crippen LogP contribution in [-0.4, -0.2) is 4.98 Å². The molecule has 1 saturated carbocycles. The van der Waals surface area contributed by atoms with E-state index in [0.29, 0.717) is 5.92 Å². The average molecular weight is 198 g/mol. The lowest BCUT2D eigenvalue weighted by Crippen LogP contribution is -2.13. The fourth-order valence-corrected chi connectivity index (χ4v) is 2.11. The predicted octanol–water partition coefficient (Wildman–Crippen LogP) is 2.64. The molecule has 1 aliphatic carbocycles. The summed E-state index contributed by atoms with van der Waals surface area (Å²) in [5.74, 6) is 0.678. The number of hydrogen-bond acceptors (Lipinski definition) is 2. The third-order valence-corrected chi connectivity index (χ3v) is 3.19. The number of fused-ring (bicyclic) bond motifs is 1. The van der Waals surface area contributed by atoms with Crippen molar-refractivity contribution >= 4 is 10.8 Å². The molecule has 1 atom stereocenters.